The zero-order valence-corrected chi connectivity index (χ0v) is 19.5. The Kier molecular flexibility index (Phi) is 9.97. The van der Waals surface area contributed by atoms with Gasteiger partial charge in [-0.3, -0.25) is 4.79 Å². The molecule has 3 saturated heterocycles. The molecule has 210 valence electrons. The van der Waals surface area contributed by atoms with Gasteiger partial charge in [0.25, 0.3) is 0 Å². The molecular formula is C20H35NO15. The van der Waals surface area contributed by atoms with Crippen molar-refractivity contribution in [2.24, 2.45) is 0 Å². The van der Waals surface area contributed by atoms with Crippen molar-refractivity contribution < 1.29 is 74.4 Å². The van der Waals surface area contributed by atoms with E-state index in [4.69, 9.17) is 23.7 Å². The minimum atomic E-state index is -1.74. The van der Waals surface area contributed by atoms with Gasteiger partial charge in [0.05, 0.1) is 19.3 Å². The van der Waals surface area contributed by atoms with Gasteiger partial charge in [-0.15, -0.1) is 0 Å². The molecule has 36 heavy (non-hydrogen) atoms. The van der Waals surface area contributed by atoms with Crippen molar-refractivity contribution in [1.29, 1.82) is 0 Å². The number of aliphatic hydroxyl groups is 9. The molecule has 3 aliphatic heterocycles. The van der Waals surface area contributed by atoms with Gasteiger partial charge in [-0.05, 0) is 6.92 Å². The van der Waals surface area contributed by atoms with Crippen LogP contribution in [0.5, 0.6) is 0 Å². The molecule has 3 aliphatic rings. The topological polar surface area (TPSA) is 257 Å². The Balaban J connectivity index is 1.58. The van der Waals surface area contributed by atoms with E-state index in [1.165, 1.54) is 6.92 Å². The van der Waals surface area contributed by atoms with Crippen molar-refractivity contribution in [3.8, 4) is 0 Å². The van der Waals surface area contributed by atoms with Gasteiger partial charge < -0.3 is 75.0 Å². The first kappa shape index (κ1) is 29.5. The molecule has 0 aromatic carbocycles. The van der Waals surface area contributed by atoms with Gasteiger partial charge in [0.1, 0.15) is 67.1 Å². The first-order valence-corrected chi connectivity index (χ1v) is 11.4. The molecule has 3 rings (SSSR count). The van der Waals surface area contributed by atoms with Gasteiger partial charge in [0.15, 0.2) is 18.9 Å². The Bertz CT molecular complexity index is 729. The fourth-order valence-corrected chi connectivity index (χ4v) is 4.33. The molecule has 16 nitrogen and oxygen atoms in total. The van der Waals surface area contributed by atoms with Crippen LogP contribution >= 0.6 is 0 Å². The molecule has 0 bridgehead atoms. The minimum absolute atomic E-state index is 0.499. The molecule has 15 atom stereocenters. The predicted molar refractivity (Wildman–Crippen MR) is 111 cm³/mol. The first-order valence-electron chi connectivity index (χ1n) is 11.4. The summed E-state index contributed by atoms with van der Waals surface area (Å²) in [6, 6.07) is -1.28. The van der Waals surface area contributed by atoms with Crippen LogP contribution in [-0.2, 0) is 28.5 Å². The highest BCUT2D eigenvalue weighted by Gasteiger charge is 2.50. The zero-order valence-electron chi connectivity index (χ0n) is 19.5. The fourth-order valence-electron chi connectivity index (χ4n) is 4.33. The summed E-state index contributed by atoms with van der Waals surface area (Å²) in [4.78, 5) is 11.2. The normalized spacial score (nSPS) is 50.0. The Morgan fingerprint density at radius 1 is 0.778 bits per heavy atom. The highest BCUT2D eigenvalue weighted by molar-refractivity contribution is 5.73. The van der Waals surface area contributed by atoms with Gasteiger partial charge in [0.2, 0.25) is 5.91 Å². The largest absolute Gasteiger partial charge is 0.394 e. The van der Waals surface area contributed by atoms with E-state index in [-0.39, 0.29) is 0 Å². The number of amides is 1. The van der Waals surface area contributed by atoms with Crippen LogP contribution in [0, 0.1) is 0 Å². The lowest BCUT2D eigenvalue weighted by Crippen LogP contribution is -2.65. The van der Waals surface area contributed by atoms with E-state index in [2.05, 4.69) is 5.32 Å². The molecule has 0 saturated carbocycles. The van der Waals surface area contributed by atoms with Gasteiger partial charge in [-0.2, -0.15) is 0 Å². The van der Waals surface area contributed by atoms with Crippen LogP contribution in [0.15, 0.2) is 0 Å². The maximum atomic E-state index is 11.2. The molecule has 0 unspecified atom stereocenters. The fraction of sp³-hybridized carbons (Fsp3) is 0.950. The number of aliphatic hydroxyl groups excluding tert-OH is 9. The summed E-state index contributed by atoms with van der Waals surface area (Å²) >= 11 is 0. The van der Waals surface area contributed by atoms with E-state index >= 15 is 0 Å². The maximum Gasteiger partial charge on any atom is 0.217 e. The van der Waals surface area contributed by atoms with Gasteiger partial charge >= 0.3 is 0 Å². The average molecular weight is 529 g/mol. The summed E-state index contributed by atoms with van der Waals surface area (Å²) in [6.07, 6.45) is -21.2. The standard InChI is InChI=1S/C20H35NO15/c1-5-17(36-20-15(29)13(27)10(24)7(3-22)35-20)14(28)16(30)19(33-5)32-4-8-11(25)12(26)9(18(31)34-8)21-6(2)23/h5,7-20,22,24-31H,3-4H2,1-2H3,(H,21,23)/t5-,7+,8+,9+,10-,11+,12+,13-,14-,15+,16-,17+,18+,19+,20-/m0/s1. The van der Waals surface area contributed by atoms with Crippen LogP contribution in [-0.4, -0.2) is 157 Å². The number of hydrogen-bond donors (Lipinski definition) is 10. The predicted octanol–water partition coefficient (Wildman–Crippen LogP) is -6.40. The number of carbonyl (C=O) groups excluding carboxylic acids is 1. The van der Waals surface area contributed by atoms with Crippen molar-refractivity contribution in [2.75, 3.05) is 13.2 Å². The van der Waals surface area contributed by atoms with Crippen LogP contribution in [0.3, 0.4) is 0 Å². The molecule has 0 aromatic heterocycles. The zero-order chi connectivity index (χ0) is 26.9. The van der Waals surface area contributed by atoms with Crippen molar-refractivity contribution in [3.05, 3.63) is 0 Å². The highest BCUT2D eigenvalue weighted by Crippen LogP contribution is 2.30. The van der Waals surface area contributed by atoms with Crippen molar-refractivity contribution >= 4 is 5.91 Å². The minimum Gasteiger partial charge on any atom is -0.394 e. The third-order valence-corrected chi connectivity index (χ3v) is 6.43. The number of nitrogens with one attached hydrogen (secondary N) is 1. The average Bonchev–Trinajstić information content (AvgIpc) is 2.83. The summed E-state index contributed by atoms with van der Waals surface area (Å²) in [6.45, 7) is 1.41. The van der Waals surface area contributed by atoms with E-state index < -0.39 is 111 Å². The Morgan fingerprint density at radius 3 is 2.00 bits per heavy atom. The molecular weight excluding hydrogens is 494 g/mol. The van der Waals surface area contributed by atoms with E-state index in [0.29, 0.717) is 0 Å². The molecule has 0 spiro atoms. The second-order valence-electron chi connectivity index (χ2n) is 9.09. The SMILES string of the molecule is CC(=O)N[C@@H]1[C@@H](O)[C@H](O)[C@@H](CO[C@@H]2O[C@@H](C)[C@@H](O[C@@H]3O[C@H](CO)[C@H](O)[C@H](O)[C@H]3O)[C@@H](O)[C@@H]2O)O[C@H]1O. The van der Waals surface area contributed by atoms with Crippen molar-refractivity contribution in [3.63, 3.8) is 0 Å². The molecule has 10 N–H and O–H groups in total. The molecule has 0 radical (unpaired) electrons. The third kappa shape index (κ3) is 6.13. The van der Waals surface area contributed by atoms with Gasteiger partial charge in [-0.25, -0.2) is 0 Å². The number of carbonyl (C=O) groups is 1. The van der Waals surface area contributed by atoms with Gasteiger partial charge in [-0.1, -0.05) is 0 Å². The van der Waals surface area contributed by atoms with Crippen LogP contribution in [0.2, 0.25) is 0 Å². The number of hydrogen-bond acceptors (Lipinski definition) is 15. The summed E-state index contributed by atoms with van der Waals surface area (Å²) in [5, 5.41) is 93.1. The van der Waals surface area contributed by atoms with Crippen LogP contribution < -0.4 is 5.32 Å². The highest BCUT2D eigenvalue weighted by atomic mass is 16.7. The molecule has 3 heterocycles. The Hall–Kier alpha value is -1.09. The monoisotopic (exact) mass is 529 g/mol. The van der Waals surface area contributed by atoms with Crippen LogP contribution in [0.1, 0.15) is 13.8 Å². The lowest BCUT2D eigenvalue weighted by Gasteiger charge is -2.46. The second-order valence-corrected chi connectivity index (χ2v) is 9.09. The molecule has 3 fully saturated rings. The number of rotatable bonds is 7. The maximum absolute atomic E-state index is 11.2. The van der Waals surface area contributed by atoms with Crippen LogP contribution in [0.25, 0.3) is 0 Å². The number of ether oxygens (including phenoxy) is 5. The third-order valence-electron chi connectivity index (χ3n) is 6.43. The summed E-state index contributed by atoms with van der Waals surface area (Å²) < 4.78 is 26.9. The van der Waals surface area contributed by atoms with E-state index in [1.54, 1.807) is 0 Å². The van der Waals surface area contributed by atoms with E-state index in [9.17, 15) is 50.8 Å². The summed E-state index contributed by atoms with van der Waals surface area (Å²) in [7, 11) is 0. The molecule has 0 aliphatic carbocycles. The van der Waals surface area contributed by atoms with Crippen molar-refractivity contribution in [2.45, 2.75) is 106 Å². The van der Waals surface area contributed by atoms with E-state index in [0.717, 1.165) is 6.92 Å². The molecule has 0 aromatic rings. The lowest BCUT2D eigenvalue weighted by atomic mass is 9.96. The lowest BCUT2D eigenvalue weighted by molar-refractivity contribution is -0.358. The summed E-state index contributed by atoms with van der Waals surface area (Å²) in [5.74, 6) is -0.564. The quantitative estimate of drug-likeness (QED) is 0.147. The molecule has 16 heteroatoms. The second kappa shape index (κ2) is 12.2. The first-order chi connectivity index (χ1) is 16.9. The van der Waals surface area contributed by atoms with Crippen LogP contribution in [0.4, 0.5) is 0 Å². The van der Waals surface area contributed by atoms with Crippen molar-refractivity contribution in [1.82, 2.24) is 5.32 Å². The van der Waals surface area contributed by atoms with Gasteiger partial charge in [0, 0.05) is 6.92 Å². The summed E-state index contributed by atoms with van der Waals surface area (Å²) in [5.41, 5.74) is 0. The Labute approximate surface area is 205 Å². The molecule has 1 amide bonds. The van der Waals surface area contributed by atoms with E-state index in [1.807, 2.05) is 0 Å². The Morgan fingerprint density at radius 2 is 1.39 bits per heavy atom. The smallest absolute Gasteiger partial charge is 0.217 e.